The number of hydrogen-bond acceptors (Lipinski definition) is 4. The van der Waals surface area contributed by atoms with Gasteiger partial charge in [0.05, 0.1) is 6.33 Å². The van der Waals surface area contributed by atoms with E-state index in [-0.39, 0.29) is 12.5 Å². The van der Waals surface area contributed by atoms with E-state index >= 15 is 0 Å². The SMILES string of the molecule is O=C(O)[C@]12COc3ccccc3[C@H]1CN(Cc1cnc[nH]1)C2. The summed E-state index contributed by atoms with van der Waals surface area (Å²) in [6.45, 7) is 2.10. The van der Waals surface area contributed by atoms with Crippen LogP contribution in [-0.2, 0) is 11.3 Å². The van der Waals surface area contributed by atoms with E-state index in [1.54, 1.807) is 12.5 Å². The van der Waals surface area contributed by atoms with E-state index in [1.165, 1.54) is 0 Å². The van der Waals surface area contributed by atoms with E-state index in [9.17, 15) is 9.90 Å². The van der Waals surface area contributed by atoms with Gasteiger partial charge in [-0.05, 0) is 11.6 Å². The van der Waals surface area contributed by atoms with Crippen LogP contribution in [-0.4, -0.2) is 45.6 Å². The highest BCUT2D eigenvalue weighted by Crippen LogP contribution is 2.49. The Morgan fingerprint density at radius 1 is 1.50 bits per heavy atom. The highest BCUT2D eigenvalue weighted by Gasteiger charge is 2.56. The Kier molecular flexibility index (Phi) is 2.94. The van der Waals surface area contributed by atoms with Gasteiger partial charge in [-0.25, -0.2) is 4.98 Å². The van der Waals surface area contributed by atoms with Crippen LogP contribution in [0.4, 0.5) is 0 Å². The van der Waals surface area contributed by atoms with Crippen molar-refractivity contribution in [3.8, 4) is 5.75 Å². The maximum Gasteiger partial charge on any atom is 0.315 e. The van der Waals surface area contributed by atoms with Gasteiger partial charge >= 0.3 is 5.97 Å². The van der Waals surface area contributed by atoms with Gasteiger partial charge in [-0.1, -0.05) is 18.2 Å². The molecular weight excluding hydrogens is 282 g/mol. The Morgan fingerprint density at radius 3 is 3.14 bits per heavy atom. The number of aromatic amines is 1. The molecule has 1 fully saturated rings. The molecule has 2 aliphatic heterocycles. The zero-order valence-corrected chi connectivity index (χ0v) is 12.0. The van der Waals surface area contributed by atoms with E-state index in [1.807, 2.05) is 24.3 Å². The third kappa shape index (κ3) is 1.91. The quantitative estimate of drug-likeness (QED) is 0.897. The van der Waals surface area contributed by atoms with E-state index in [2.05, 4.69) is 14.9 Å². The second kappa shape index (κ2) is 4.84. The van der Waals surface area contributed by atoms with Crippen molar-refractivity contribution in [2.75, 3.05) is 19.7 Å². The number of rotatable bonds is 3. The molecule has 0 unspecified atom stereocenters. The number of H-pyrrole nitrogens is 1. The monoisotopic (exact) mass is 299 g/mol. The van der Waals surface area contributed by atoms with Gasteiger partial charge in [0.25, 0.3) is 0 Å². The number of para-hydroxylation sites is 1. The fourth-order valence-electron chi connectivity index (χ4n) is 3.67. The number of likely N-dealkylation sites (tertiary alicyclic amines) is 1. The molecule has 0 radical (unpaired) electrons. The number of carboxylic acids is 1. The fourth-order valence-corrected chi connectivity index (χ4v) is 3.67. The zero-order chi connectivity index (χ0) is 15.2. The normalized spacial score (nSPS) is 27.0. The van der Waals surface area contributed by atoms with Gasteiger partial charge < -0.3 is 14.8 Å². The number of carbonyl (C=O) groups is 1. The largest absolute Gasteiger partial charge is 0.492 e. The molecule has 6 nitrogen and oxygen atoms in total. The van der Waals surface area contributed by atoms with E-state index < -0.39 is 11.4 Å². The minimum atomic E-state index is -0.867. The molecule has 1 aromatic carbocycles. The lowest BCUT2D eigenvalue weighted by Crippen LogP contribution is -2.45. The van der Waals surface area contributed by atoms with Crippen molar-refractivity contribution in [3.63, 3.8) is 0 Å². The molecule has 0 bridgehead atoms. The van der Waals surface area contributed by atoms with Crippen LogP contribution in [0.25, 0.3) is 0 Å². The van der Waals surface area contributed by atoms with Crippen LogP contribution >= 0.6 is 0 Å². The number of aliphatic carboxylic acids is 1. The Morgan fingerprint density at radius 2 is 2.36 bits per heavy atom. The number of hydrogen-bond donors (Lipinski definition) is 2. The van der Waals surface area contributed by atoms with Crippen LogP contribution in [0.1, 0.15) is 17.2 Å². The predicted molar refractivity (Wildman–Crippen MR) is 78.6 cm³/mol. The Balaban J connectivity index is 1.68. The summed E-state index contributed by atoms with van der Waals surface area (Å²) in [6, 6.07) is 7.76. The summed E-state index contributed by atoms with van der Waals surface area (Å²) in [5, 5.41) is 9.84. The standard InChI is InChI=1S/C16H17N3O3/c20-15(21)16-8-19(6-11-5-17-10-18-11)7-13(16)12-3-1-2-4-14(12)22-9-16/h1-5,10,13H,6-9H2,(H,17,18)(H,20,21)/t13-,16-/m1/s1. The predicted octanol–water partition coefficient (Wildman–Crippen LogP) is 1.47. The Hall–Kier alpha value is -2.34. The summed E-state index contributed by atoms with van der Waals surface area (Å²) >= 11 is 0. The summed E-state index contributed by atoms with van der Waals surface area (Å²) in [7, 11) is 0. The average Bonchev–Trinajstić information content (AvgIpc) is 3.15. The fraction of sp³-hybridized carbons (Fsp3) is 0.375. The molecule has 2 N–H and O–H groups in total. The summed E-state index contributed by atoms with van der Waals surface area (Å²) in [6.07, 6.45) is 3.42. The maximum atomic E-state index is 12.0. The second-order valence-corrected chi connectivity index (χ2v) is 6.09. The lowest BCUT2D eigenvalue weighted by molar-refractivity contribution is -0.151. The van der Waals surface area contributed by atoms with Crippen LogP contribution < -0.4 is 4.74 Å². The van der Waals surface area contributed by atoms with Gasteiger partial charge in [0.15, 0.2) is 0 Å². The van der Waals surface area contributed by atoms with Crippen LogP contribution in [0.2, 0.25) is 0 Å². The molecular formula is C16H17N3O3. The van der Waals surface area contributed by atoms with Crippen molar-refractivity contribution in [2.24, 2.45) is 5.41 Å². The summed E-state index contributed by atoms with van der Waals surface area (Å²) in [4.78, 5) is 21.2. The van der Waals surface area contributed by atoms with Gasteiger partial charge in [-0.3, -0.25) is 9.69 Å². The Bertz CT molecular complexity index is 700. The average molecular weight is 299 g/mol. The number of aromatic nitrogens is 2. The molecule has 0 spiro atoms. The zero-order valence-electron chi connectivity index (χ0n) is 12.0. The third-order valence-corrected chi connectivity index (χ3v) is 4.77. The first-order valence-corrected chi connectivity index (χ1v) is 7.34. The van der Waals surface area contributed by atoms with Crippen molar-refractivity contribution in [2.45, 2.75) is 12.5 Å². The summed E-state index contributed by atoms with van der Waals surface area (Å²) in [5.41, 5.74) is 1.13. The van der Waals surface area contributed by atoms with Crippen LogP contribution in [0.15, 0.2) is 36.8 Å². The molecule has 2 aliphatic rings. The highest BCUT2D eigenvalue weighted by molar-refractivity contribution is 5.78. The number of fused-ring (bicyclic) bond motifs is 3. The third-order valence-electron chi connectivity index (χ3n) is 4.77. The smallest absolute Gasteiger partial charge is 0.315 e. The Labute approximate surface area is 127 Å². The van der Waals surface area contributed by atoms with Crippen molar-refractivity contribution < 1.29 is 14.6 Å². The molecule has 1 aromatic heterocycles. The van der Waals surface area contributed by atoms with Crippen molar-refractivity contribution >= 4 is 5.97 Å². The topological polar surface area (TPSA) is 78.5 Å². The van der Waals surface area contributed by atoms with Gasteiger partial charge in [0.1, 0.15) is 17.8 Å². The van der Waals surface area contributed by atoms with Gasteiger partial charge in [-0.2, -0.15) is 0 Å². The van der Waals surface area contributed by atoms with Crippen LogP contribution in [0, 0.1) is 5.41 Å². The molecule has 0 aliphatic carbocycles. The lowest BCUT2D eigenvalue weighted by atomic mass is 9.73. The molecule has 4 rings (SSSR count). The number of nitrogens with zero attached hydrogens (tertiary/aromatic N) is 2. The number of imidazole rings is 1. The van der Waals surface area contributed by atoms with Crippen molar-refractivity contribution in [1.29, 1.82) is 0 Å². The van der Waals surface area contributed by atoms with Crippen LogP contribution in [0.5, 0.6) is 5.75 Å². The lowest BCUT2D eigenvalue weighted by Gasteiger charge is -2.35. The minimum absolute atomic E-state index is 0.0436. The van der Waals surface area contributed by atoms with Crippen molar-refractivity contribution in [3.05, 3.63) is 48.0 Å². The first-order valence-electron chi connectivity index (χ1n) is 7.34. The second-order valence-electron chi connectivity index (χ2n) is 6.09. The molecule has 2 aromatic rings. The first kappa shape index (κ1) is 13.3. The van der Waals surface area contributed by atoms with Crippen molar-refractivity contribution in [1.82, 2.24) is 14.9 Å². The van der Waals surface area contributed by atoms with Crippen LogP contribution in [0.3, 0.4) is 0 Å². The van der Waals surface area contributed by atoms with E-state index in [0.29, 0.717) is 19.6 Å². The van der Waals surface area contributed by atoms with E-state index in [0.717, 1.165) is 17.0 Å². The number of benzene rings is 1. The summed E-state index contributed by atoms with van der Waals surface area (Å²) < 4.78 is 5.76. The van der Waals surface area contributed by atoms with Gasteiger partial charge in [0.2, 0.25) is 0 Å². The van der Waals surface area contributed by atoms with E-state index in [4.69, 9.17) is 4.74 Å². The maximum absolute atomic E-state index is 12.0. The molecule has 0 amide bonds. The molecule has 0 saturated carbocycles. The van der Waals surface area contributed by atoms with Gasteiger partial charge in [-0.15, -0.1) is 0 Å². The molecule has 114 valence electrons. The highest BCUT2D eigenvalue weighted by atomic mass is 16.5. The molecule has 1 saturated heterocycles. The number of carboxylic acid groups (broad SMARTS) is 1. The summed E-state index contributed by atoms with van der Waals surface area (Å²) in [5.74, 6) is -0.00949. The first-order chi connectivity index (χ1) is 10.7. The number of ether oxygens (including phenoxy) is 1. The molecule has 2 atom stereocenters. The molecule has 6 heteroatoms. The minimum Gasteiger partial charge on any atom is -0.492 e. The van der Waals surface area contributed by atoms with Gasteiger partial charge in [0, 0.05) is 37.4 Å². The molecule has 22 heavy (non-hydrogen) atoms. The molecule has 3 heterocycles. The number of nitrogens with one attached hydrogen (secondary N) is 1.